The van der Waals surface area contributed by atoms with Gasteiger partial charge in [0.05, 0.1) is 13.2 Å². The first-order chi connectivity index (χ1) is 17.1. The van der Waals surface area contributed by atoms with Gasteiger partial charge < -0.3 is 19.3 Å². The molecule has 2 aromatic carbocycles. The second-order valence-electron chi connectivity index (χ2n) is 8.97. The number of rotatable bonds is 7. The van der Waals surface area contributed by atoms with Gasteiger partial charge in [-0.1, -0.05) is 12.1 Å². The van der Waals surface area contributed by atoms with Crippen molar-refractivity contribution >= 4 is 22.6 Å². The van der Waals surface area contributed by atoms with E-state index in [1.54, 1.807) is 19.2 Å². The number of ether oxygens (including phenoxy) is 2. The summed E-state index contributed by atoms with van der Waals surface area (Å²) in [6.07, 6.45) is 5.20. The largest absolute Gasteiger partial charge is 0.493 e. The van der Waals surface area contributed by atoms with Gasteiger partial charge >= 0.3 is 0 Å². The molecular formula is C26H29FN4O3S. The van der Waals surface area contributed by atoms with E-state index in [-0.39, 0.29) is 17.8 Å². The third-order valence-corrected chi connectivity index (χ3v) is 7.39. The van der Waals surface area contributed by atoms with Gasteiger partial charge in [0.1, 0.15) is 11.6 Å². The zero-order valence-corrected chi connectivity index (χ0v) is 20.6. The van der Waals surface area contributed by atoms with Gasteiger partial charge in [-0.05, 0) is 61.6 Å². The van der Waals surface area contributed by atoms with E-state index in [9.17, 15) is 9.18 Å². The van der Waals surface area contributed by atoms with E-state index < -0.39 is 0 Å². The van der Waals surface area contributed by atoms with Gasteiger partial charge in [-0.3, -0.25) is 4.79 Å². The number of anilines is 1. The average molecular weight is 497 g/mol. The molecule has 0 bridgehead atoms. The Morgan fingerprint density at radius 3 is 2.51 bits per heavy atom. The Kier molecular flexibility index (Phi) is 7.13. The molecule has 5 rings (SSSR count). The Balaban J connectivity index is 1.19. The predicted octanol–water partition coefficient (Wildman–Crippen LogP) is 4.56. The van der Waals surface area contributed by atoms with Gasteiger partial charge in [0.2, 0.25) is 5.13 Å². The topological polar surface area (TPSA) is 67.8 Å². The van der Waals surface area contributed by atoms with Gasteiger partial charge in [-0.2, -0.15) is 4.37 Å². The molecule has 1 aromatic heterocycles. The van der Waals surface area contributed by atoms with Crippen molar-refractivity contribution in [2.75, 3.05) is 38.2 Å². The zero-order valence-electron chi connectivity index (χ0n) is 19.8. The van der Waals surface area contributed by atoms with Crippen molar-refractivity contribution in [3.05, 3.63) is 65.2 Å². The Labute approximate surface area is 208 Å². The van der Waals surface area contributed by atoms with Crippen LogP contribution in [0.25, 0.3) is 0 Å². The Hall–Kier alpha value is -3.20. The molecule has 7 nitrogen and oxygen atoms in total. The molecule has 1 aliphatic carbocycles. The van der Waals surface area contributed by atoms with Crippen molar-refractivity contribution in [3.8, 4) is 11.5 Å². The summed E-state index contributed by atoms with van der Waals surface area (Å²) in [7, 11) is 1.62. The van der Waals surface area contributed by atoms with E-state index in [0.29, 0.717) is 49.7 Å². The highest BCUT2D eigenvalue weighted by atomic mass is 32.1. The molecule has 2 aliphatic rings. The van der Waals surface area contributed by atoms with E-state index in [1.165, 1.54) is 36.5 Å². The lowest BCUT2D eigenvalue weighted by molar-refractivity contribution is 0.0745. The molecule has 0 radical (unpaired) electrons. The van der Waals surface area contributed by atoms with Crippen molar-refractivity contribution in [2.45, 2.75) is 38.2 Å². The molecule has 184 valence electrons. The number of hydrogen-bond donors (Lipinski definition) is 0. The maximum atomic E-state index is 13.2. The van der Waals surface area contributed by atoms with Crippen LogP contribution < -0.4 is 14.4 Å². The number of carbonyl (C=O) groups excluding carboxylic acids is 1. The Bertz CT molecular complexity index is 1160. The second kappa shape index (κ2) is 10.6. The molecule has 3 aromatic rings. The number of halogens is 1. The van der Waals surface area contributed by atoms with Gasteiger partial charge in [0.15, 0.2) is 11.5 Å². The summed E-state index contributed by atoms with van der Waals surface area (Å²) in [4.78, 5) is 21.9. The lowest BCUT2D eigenvalue weighted by atomic mass is 10.1. The number of benzene rings is 2. The van der Waals surface area contributed by atoms with Crippen molar-refractivity contribution in [3.63, 3.8) is 0 Å². The van der Waals surface area contributed by atoms with Crippen LogP contribution in [0.5, 0.6) is 11.5 Å². The normalized spacial score (nSPS) is 16.5. The van der Waals surface area contributed by atoms with Gasteiger partial charge in [0.25, 0.3) is 5.91 Å². The first-order valence-electron chi connectivity index (χ1n) is 12.0. The fourth-order valence-corrected chi connectivity index (χ4v) is 5.34. The minimum atomic E-state index is -0.250. The smallest absolute Gasteiger partial charge is 0.254 e. The van der Waals surface area contributed by atoms with E-state index in [2.05, 4.69) is 14.3 Å². The molecule has 1 aliphatic heterocycles. The minimum absolute atomic E-state index is 0.00200. The maximum absolute atomic E-state index is 13.2. The molecule has 0 unspecified atom stereocenters. The first kappa shape index (κ1) is 23.5. The molecule has 0 N–H and O–H groups in total. The predicted molar refractivity (Wildman–Crippen MR) is 133 cm³/mol. The summed E-state index contributed by atoms with van der Waals surface area (Å²) >= 11 is 1.36. The maximum Gasteiger partial charge on any atom is 0.254 e. The lowest BCUT2D eigenvalue weighted by Gasteiger charge is -2.34. The summed E-state index contributed by atoms with van der Waals surface area (Å²) < 4.78 is 29.2. The monoisotopic (exact) mass is 496 g/mol. The third kappa shape index (κ3) is 5.56. The molecule has 1 saturated heterocycles. The molecule has 9 heteroatoms. The number of amides is 1. The fourth-order valence-electron chi connectivity index (χ4n) is 4.60. The third-order valence-electron chi connectivity index (χ3n) is 6.58. The summed E-state index contributed by atoms with van der Waals surface area (Å²) in [5.74, 6) is 1.78. The molecule has 1 amide bonds. The molecule has 35 heavy (non-hydrogen) atoms. The number of nitrogens with zero attached hydrogens (tertiary/aromatic N) is 4. The number of hydrogen-bond acceptors (Lipinski definition) is 7. The van der Waals surface area contributed by atoms with Crippen molar-refractivity contribution in [1.29, 1.82) is 0 Å². The molecule has 0 spiro atoms. The zero-order chi connectivity index (χ0) is 24.2. The highest BCUT2D eigenvalue weighted by molar-refractivity contribution is 7.09. The summed E-state index contributed by atoms with van der Waals surface area (Å²) in [6.45, 7) is 2.60. The van der Waals surface area contributed by atoms with E-state index >= 15 is 0 Å². The van der Waals surface area contributed by atoms with Crippen LogP contribution in [0.1, 0.15) is 47.4 Å². The quantitative estimate of drug-likeness (QED) is 0.478. The minimum Gasteiger partial charge on any atom is -0.493 e. The Morgan fingerprint density at radius 1 is 1.06 bits per heavy atom. The highest BCUT2D eigenvalue weighted by Gasteiger charge is 2.26. The van der Waals surface area contributed by atoms with Gasteiger partial charge in [-0.25, -0.2) is 9.37 Å². The second-order valence-corrected chi connectivity index (χ2v) is 9.70. The highest BCUT2D eigenvalue weighted by Crippen LogP contribution is 2.33. The van der Waals surface area contributed by atoms with Crippen molar-refractivity contribution in [1.82, 2.24) is 14.3 Å². The molecule has 1 saturated carbocycles. The lowest BCUT2D eigenvalue weighted by Crippen LogP contribution is -2.48. The van der Waals surface area contributed by atoms with Crippen LogP contribution in [0, 0.1) is 5.82 Å². The summed E-state index contributed by atoms with van der Waals surface area (Å²) in [6, 6.07) is 11.8. The standard InChI is InChI=1S/C26H29FN4O3S/c1-33-22-11-8-19(17-23(22)34-21-4-2-3-5-21)25(32)30-12-14-31(15-13-30)26-28-24(29-35-26)16-18-6-9-20(27)10-7-18/h6-11,17,21H,2-5,12-16H2,1H3. The van der Waals surface area contributed by atoms with E-state index in [0.717, 1.165) is 29.4 Å². The van der Waals surface area contributed by atoms with Crippen LogP contribution >= 0.6 is 11.5 Å². The molecule has 0 atom stereocenters. The van der Waals surface area contributed by atoms with E-state index in [4.69, 9.17) is 9.47 Å². The van der Waals surface area contributed by atoms with Gasteiger partial charge in [-0.15, -0.1) is 0 Å². The van der Waals surface area contributed by atoms with E-state index in [1.807, 2.05) is 23.1 Å². The summed E-state index contributed by atoms with van der Waals surface area (Å²) in [5.41, 5.74) is 1.59. The average Bonchev–Trinajstić information content (AvgIpc) is 3.57. The number of aromatic nitrogens is 2. The SMILES string of the molecule is COc1ccc(C(=O)N2CCN(c3nc(Cc4ccc(F)cc4)ns3)CC2)cc1OC1CCCC1. The number of methoxy groups -OCH3 is 1. The van der Waals surface area contributed by atoms with Crippen molar-refractivity contribution < 1.29 is 18.7 Å². The molecular weight excluding hydrogens is 467 g/mol. The van der Waals surface area contributed by atoms with Crippen LogP contribution in [0.2, 0.25) is 0 Å². The number of carbonyl (C=O) groups is 1. The molecule has 2 heterocycles. The Morgan fingerprint density at radius 2 is 1.80 bits per heavy atom. The fraction of sp³-hybridized carbons (Fsp3) is 0.423. The summed E-state index contributed by atoms with van der Waals surface area (Å²) in [5, 5.41) is 0.853. The van der Waals surface area contributed by atoms with Gasteiger partial charge in [0, 0.05) is 49.7 Å². The van der Waals surface area contributed by atoms with Crippen LogP contribution in [0.3, 0.4) is 0 Å². The first-order valence-corrected chi connectivity index (χ1v) is 12.8. The number of piperazine rings is 1. The molecule has 2 fully saturated rings. The van der Waals surface area contributed by atoms with Crippen LogP contribution in [-0.4, -0.2) is 59.6 Å². The van der Waals surface area contributed by atoms with Crippen molar-refractivity contribution in [2.24, 2.45) is 0 Å². The van der Waals surface area contributed by atoms with Crippen LogP contribution in [0.4, 0.5) is 9.52 Å². The van der Waals surface area contributed by atoms with Crippen LogP contribution in [-0.2, 0) is 6.42 Å². The van der Waals surface area contributed by atoms with Crippen LogP contribution in [0.15, 0.2) is 42.5 Å².